The predicted molar refractivity (Wildman–Crippen MR) is 380 cm³/mol. The smallest absolute Gasteiger partial charge is 0.305 e. The van der Waals surface area contributed by atoms with Gasteiger partial charge < -0.3 is 20.3 Å². The van der Waals surface area contributed by atoms with E-state index in [0.29, 0.717) is 25.9 Å². The average molecular weight is 1210 g/mol. The largest absolute Gasteiger partial charge is 0.466 e. The minimum absolute atomic E-state index is 0.0145. The van der Waals surface area contributed by atoms with Gasteiger partial charge in [0.2, 0.25) is 5.91 Å². The Kier molecular flexibility index (Phi) is 74.8. The van der Waals surface area contributed by atoms with Crippen molar-refractivity contribution in [3.8, 4) is 0 Å². The Hall–Kier alpha value is -1.40. The highest BCUT2D eigenvalue weighted by molar-refractivity contribution is 5.76. The summed E-state index contributed by atoms with van der Waals surface area (Å²) in [7, 11) is 0. The molecule has 2 unspecified atom stereocenters. The number of rotatable bonds is 76. The van der Waals surface area contributed by atoms with Crippen LogP contribution in [0.4, 0.5) is 0 Å². The molecule has 0 aromatic rings. The van der Waals surface area contributed by atoms with Crippen molar-refractivity contribution in [2.75, 3.05) is 13.2 Å². The molecule has 0 aliphatic rings. The van der Waals surface area contributed by atoms with Gasteiger partial charge in [-0.15, -0.1) is 0 Å². The highest BCUT2D eigenvalue weighted by atomic mass is 16.5. The number of hydrogen-bond donors (Lipinski definition) is 3. The van der Waals surface area contributed by atoms with Crippen molar-refractivity contribution in [2.24, 2.45) is 0 Å². The first-order valence-electron chi connectivity index (χ1n) is 39.9. The fourth-order valence-electron chi connectivity index (χ4n) is 13.0. The van der Waals surface area contributed by atoms with Crippen LogP contribution in [0.15, 0.2) is 12.2 Å². The monoisotopic (exact) mass is 1210 g/mol. The van der Waals surface area contributed by atoms with Gasteiger partial charge in [0.05, 0.1) is 25.4 Å². The molecule has 6 heteroatoms. The van der Waals surface area contributed by atoms with Gasteiger partial charge in [-0.25, -0.2) is 0 Å². The summed E-state index contributed by atoms with van der Waals surface area (Å²) in [6.45, 7) is 5.00. The lowest BCUT2D eigenvalue weighted by Crippen LogP contribution is -2.45. The second-order valence-corrected chi connectivity index (χ2v) is 27.8. The molecule has 0 saturated heterocycles. The number of ether oxygens (including phenoxy) is 1. The van der Waals surface area contributed by atoms with Crippen LogP contribution in [0.25, 0.3) is 0 Å². The van der Waals surface area contributed by atoms with E-state index < -0.39 is 12.1 Å². The molecule has 0 aliphatic carbocycles. The van der Waals surface area contributed by atoms with Crippen LogP contribution >= 0.6 is 0 Å². The van der Waals surface area contributed by atoms with Gasteiger partial charge >= 0.3 is 5.97 Å². The first-order chi connectivity index (χ1) is 42.5. The number of esters is 1. The van der Waals surface area contributed by atoms with E-state index in [-0.39, 0.29) is 18.5 Å². The molecule has 0 bridgehead atoms. The third-order valence-electron chi connectivity index (χ3n) is 19.1. The summed E-state index contributed by atoms with van der Waals surface area (Å²) >= 11 is 0. The lowest BCUT2D eigenvalue weighted by molar-refractivity contribution is -0.143. The summed E-state index contributed by atoms with van der Waals surface area (Å²) in [6, 6.07) is -0.539. The van der Waals surface area contributed by atoms with Crippen molar-refractivity contribution in [1.82, 2.24) is 5.32 Å². The second kappa shape index (κ2) is 76.1. The van der Waals surface area contributed by atoms with Gasteiger partial charge in [-0.05, 0) is 51.4 Å². The van der Waals surface area contributed by atoms with Crippen LogP contribution in [0.1, 0.15) is 463 Å². The van der Waals surface area contributed by atoms with Gasteiger partial charge in [0.1, 0.15) is 0 Å². The molecular weight excluding hydrogens is 1050 g/mol. The first-order valence-corrected chi connectivity index (χ1v) is 39.9. The van der Waals surface area contributed by atoms with Crippen molar-refractivity contribution < 1.29 is 24.5 Å². The van der Waals surface area contributed by atoms with E-state index in [1.807, 2.05) is 0 Å². The number of hydrogen-bond acceptors (Lipinski definition) is 5. The van der Waals surface area contributed by atoms with Gasteiger partial charge in [-0.1, -0.05) is 411 Å². The van der Waals surface area contributed by atoms with Crippen LogP contribution in [0.3, 0.4) is 0 Å². The summed E-state index contributed by atoms with van der Waals surface area (Å²) in [4.78, 5) is 24.7. The fourth-order valence-corrected chi connectivity index (χ4v) is 13.0. The summed E-state index contributed by atoms with van der Waals surface area (Å²) < 4.78 is 5.50. The molecular formula is C80H157NO5. The predicted octanol–water partition coefficient (Wildman–Crippen LogP) is 26.3. The van der Waals surface area contributed by atoms with E-state index in [4.69, 9.17) is 4.74 Å². The second-order valence-electron chi connectivity index (χ2n) is 27.8. The molecule has 0 aromatic heterocycles. The number of aliphatic hydroxyl groups excluding tert-OH is 2. The zero-order valence-electron chi connectivity index (χ0n) is 58.8. The lowest BCUT2D eigenvalue weighted by atomic mass is 10.0. The van der Waals surface area contributed by atoms with Crippen molar-refractivity contribution in [1.29, 1.82) is 0 Å². The third kappa shape index (κ3) is 71.7. The number of carbonyl (C=O) groups excluding carboxylic acids is 2. The molecule has 512 valence electrons. The van der Waals surface area contributed by atoms with Crippen LogP contribution in [-0.2, 0) is 14.3 Å². The molecule has 3 N–H and O–H groups in total. The maximum atomic E-state index is 12.6. The Morgan fingerprint density at radius 2 is 0.547 bits per heavy atom. The normalized spacial score (nSPS) is 12.5. The van der Waals surface area contributed by atoms with E-state index in [2.05, 4.69) is 31.3 Å². The van der Waals surface area contributed by atoms with Crippen molar-refractivity contribution in [2.45, 2.75) is 475 Å². The SMILES string of the molecule is CCCCCCCC/C=C\CCCCCCCC(=O)OCCCCCCCCCCCCCCCCCCCCCCCCCCCCCCCCCCC(=O)NC(CO)C(O)CCCCCCCCCCCCCCCCCCCCCCCC. The van der Waals surface area contributed by atoms with Gasteiger partial charge in [0.25, 0.3) is 0 Å². The number of aliphatic hydroxyl groups is 2. The van der Waals surface area contributed by atoms with Gasteiger partial charge in [-0.2, -0.15) is 0 Å². The molecule has 0 aromatic carbocycles. The fraction of sp³-hybridized carbons (Fsp3) is 0.950. The lowest BCUT2D eigenvalue weighted by Gasteiger charge is -2.22. The molecule has 0 heterocycles. The molecule has 0 fully saturated rings. The highest BCUT2D eigenvalue weighted by Gasteiger charge is 2.20. The van der Waals surface area contributed by atoms with E-state index in [1.165, 1.54) is 385 Å². The molecule has 0 rings (SSSR count). The van der Waals surface area contributed by atoms with E-state index in [9.17, 15) is 19.8 Å². The van der Waals surface area contributed by atoms with E-state index in [1.54, 1.807) is 0 Å². The Morgan fingerprint density at radius 3 is 0.826 bits per heavy atom. The number of nitrogens with one attached hydrogen (secondary N) is 1. The molecule has 6 nitrogen and oxygen atoms in total. The molecule has 0 spiro atoms. The Labute approximate surface area is 539 Å². The minimum atomic E-state index is -0.662. The highest BCUT2D eigenvalue weighted by Crippen LogP contribution is 2.20. The van der Waals surface area contributed by atoms with Crippen molar-refractivity contribution >= 4 is 11.9 Å². The van der Waals surface area contributed by atoms with Crippen LogP contribution in [0.2, 0.25) is 0 Å². The standard InChI is InChI=1S/C80H157NO5/c1-3-5-7-9-11-13-15-17-19-20-21-22-35-38-41-45-48-52-56-60-64-68-72-78(83)77(76-82)81-79(84)73-69-65-61-57-53-49-46-42-39-36-33-31-29-27-25-23-24-26-28-30-32-34-37-40-43-47-51-55-59-63-67-71-75-86-80(85)74-70-66-62-58-54-50-44-18-16-14-12-10-8-6-4-2/h18,44,77-78,82-83H,3-17,19-43,45-76H2,1-2H3,(H,81,84)/b44-18-. The Balaban J connectivity index is 3.32. The summed E-state index contributed by atoms with van der Waals surface area (Å²) in [6.07, 6.45) is 95.9. The molecule has 2 atom stereocenters. The Morgan fingerprint density at radius 1 is 0.314 bits per heavy atom. The summed E-state index contributed by atoms with van der Waals surface area (Å²) in [5.74, 6) is -0.0100. The number of unbranched alkanes of at least 4 members (excludes halogenated alkanes) is 63. The van der Waals surface area contributed by atoms with Crippen LogP contribution in [-0.4, -0.2) is 47.4 Å². The molecule has 1 amide bonds. The first kappa shape index (κ1) is 84.6. The van der Waals surface area contributed by atoms with Gasteiger partial charge in [0.15, 0.2) is 0 Å². The molecule has 0 radical (unpaired) electrons. The maximum Gasteiger partial charge on any atom is 0.305 e. The zero-order valence-corrected chi connectivity index (χ0v) is 58.8. The summed E-state index contributed by atoms with van der Waals surface area (Å²) in [5.41, 5.74) is 0. The van der Waals surface area contributed by atoms with Gasteiger partial charge in [0, 0.05) is 12.8 Å². The van der Waals surface area contributed by atoms with Crippen LogP contribution in [0.5, 0.6) is 0 Å². The van der Waals surface area contributed by atoms with E-state index in [0.717, 1.165) is 44.9 Å². The van der Waals surface area contributed by atoms with Crippen molar-refractivity contribution in [3.63, 3.8) is 0 Å². The quantitative estimate of drug-likeness (QED) is 0.0320. The molecule has 86 heavy (non-hydrogen) atoms. The summed E-state index contributed by atoms with van der Waals surface area (Å²) in [5, 5.41) is 23.5. The Bertz CT molecular complexity index is 1300. The average Bonchev–Trinajstić information content (AvgIpc) is 3.54. The van der Waals surface area contributed by atoms with Crippen LogP contribution in [0, 0.1) is 0 Å². The maximum absolute atomic E-state index is 12.6. The molecule has 0 saturated carbocycles. The van der Waals surface area contributed by atoms with E-state index >= 15 is 0 Å². The molecule has 0 aliphatic heterocycles. The third-order valence-corrected chi connectivity index (χ3v) is 19.1. The number of amides is 1. The minimum Gasteiger partial charge on any atom is -0.466 e. The number of carbonyl (C=O) groups is 2. The van der Waals surface area contributed by atoms with Gasteiger partial charge in [-0.3, -0.25) is 9.59 Å². The topological polar surface area (TPSA) is 95.9 Å². The number of allylic oxidation sites excluding steroid dienone is 2. The zero-order chi connectivity index (χ0) is 62.0. The van der Waals surface area contributed by atoms with Crippen LogP contribution < -0.4 is 5.32 Å². The van der Waals surface area contributed by atoms with Crippen molar-refractivity contribution in [3.05, 3.63) is 12.2 Å².